The molecule has 0 spiro atoms. The number of dihydropyridines is 1. The quantitative estimate of drug-likeness (QED) is 0.816. The Balaban J connectivity index is 1.30. The Bertz CT molecular complexity index is 895. The number of hydrogen-bond acceptors (Lipinski definition) is 4. The van der Waals surface area contributed by atoms with E-state index in [9.17, 15) is 9.90 Å². The minimum Gasteiger partial charge on any atom is -0.390 e. The first-order chi connectivity index (χ1) is 13.7. The summed E-state index contributed by atoms with van der Waals surface area (Å²) in [6.07, 6.45) is 4.46. The van der Waals surface area contributed by atoms with E-state index < -0.39 is 6.10 Å². The van der Waals surface area contributed by atoms with Crippen LogP contribution in [0.25, 0.3) is 0 Å². The molecule has 2 aliphatic rings. The summed E-state index contributed by atoms with van der Waals surface area (Å²) in [5.41, 5.74) is 5.07. The number of allylic oxidation sites excluding steroid dienone is 1. The second-order valence-corrected chi connectivity index (χ2v) is 7.34. The number of carbonyl (C=O) groups is 1. The number of carbonyl (C=O) groups excluding carboxylic acids is 1. The lowest BCUT2D eigenvalue weighted by atomic mass is 10.0. The number of nitrogens with zero attached hydrogens (tertiary/aromatic N) is 2. The standard InChI is InChI=1S/C23H25N3O2/c27-21(16-26-14-19-6-1-2-7-20(19)15-26)13-25-23(28)18-9-5-8-17(12-18)22-10-3-4-11-24-22/h1-3,5-10,12,21,27H,4,11,13-16H2,(H,25,28). The largest absolute Gasteiger partial charge is 0.390 e. The maximum atomic E-state index is 12.5. The molecule has 5 nitrogen and oxygen atoms in total. The van der Waals surface area contributed by atoms with Crippen molar-refractivity contribution in [3.8, 4) is 0 Å². The number of fused-ring (bicyclic) bond motifs is 1. The molecule has 2 aliphatic heterocycles. The van der Waals surface area contributed by atoms with E-state index in [0.29, 0.717) is 12.1 Å². The third kappa shape index (κ3) is 4.38. The van der Waals surface area contributed by atoms with E-state index >= 15 is 0 Å². The average molecular weight is 375 g/mol. The van der Waals surface area contributed by atoms with E-state index in [-0.39, 0.29) is 12.5 Å². The summed E-state index contributed by atoms with van der Waals surface area (Å²) in [6.45, 7) is 3.25. The third-order valence-electron chi connectivity index (χ3n) is 5.15. The van der Waals surface area contributed by atoms with E-state index in [1.165, 1.54) is 11.1 Å². The molecule has 1 amide bonds. The van der Waals surface area contributed by atoms with Crippen LogP contribution < -0.4 is 5.32 Å². The van der Waals surface area contributed by atoms with Crippen LogP contribution in [0, 0.1) is 0 Å². The summed E-state index contributed by atoms with van der Waals surface area (Å²) in [7, 11) is 0. The molecule has 144 valence electrons. The number of hydrogen-bond donors (Lipinski definition) is 2. The van der Waals surface area contributed by atoms with Crippen molar-refractivity contribution in [2.45, 2.75) is 25.6 Å². The van der Waals surface area contributed by atoms with Gasteiger partial charge in [0, 0.05) is 43.9 Å². The molecule has 1 atom stereocenters. The van der Waals surface area contributed by atoms with Gasteiger partial charge in [-0.1, -0.05) is 42.5 Å². The normalized spacial score (nSPS) is 17.1. The number of aliphatic hydroxyl groups is 1. The highest BCUT2D eigenvalue weighted by Crippen LogP contribution is 2.22. The number of amides is 1. The number of benzene rings is 2. The molecular formula is C23H25N3O2. The fraction of sp³-hybridized carbons (Fsp3) is 0.304. The third-order valence-corrected chi connectivity index (χ3v) is 5.15. The fourth-order valence-electron chi connectivity index (χ4n) is 3.72. The molecular weight excluding hydrogens is 350 g/mol. The molecule has 2 N–H and O–H groups in total. The lowest BCUT2D eigenvalue weighted by Gasteiger charge is -2.19. The minimum atomic E-state index is -0.605. The fourth-order valence-corrected chi connectivity index (χ4v) is 3.72. The molecule has 0 radical (unpaired) electrons. The second kappa shape index (κ2) is 8.50. The summed E-state index contributed by atoms with van der Waals surface area (Å²) < 4.78 is 0. The molecule has 2 heterocycles. The zero-order chi connectivity index (χ0) is 19.3. The van der Waals surface area contributed by atoms with Crippen LogP contribution in [0.3, 0.4) is 0 Å². The molecule has 4 rings (SSSR count). The second-order valence-electron chi connectivity index (χ2n) is 7.34. The summed E-state index contributed by atoms with van der Waals surface area (Å²) in [6, 6.07) is 15.8. The van der Waals surface area contributed by atoms with Gasteiger partial charge in [0.25, 0.3) is 5.91 Å². The summed E-state index contributed by atoms with van der Waals surface area (Å²) in [4.78, 5) is 19.2. The van der Waals surface area contributed by atoms with Gasteiger partial charge in [0.05, 0.1) is 11.8 Å². The zero-order valence-electron chi connectivity index (χ0n) is 15.8. The smallest absolute Gasteiger partial charge is 0.251 e. The minimum absolute atomic E-state index is 0.175. The summed E-state index contributed by atoms with van der Waals surface area (Å²) in [5.74, 6) is -0.175. The Morgan fingerprint density at radius 2 is 1.93 bits per heavy atom. The predicted octanol–water partition coefficient (Wildman–Crippen LogP) is 2.54. The van der Waals surface area contributed by atoms with Crippen molar-refractivity contribution < 1.29 is 9.90 Å². The molecule has 5 heteroatoms. The van der Waals surface area contributed by atoms with Crippen molar-refractivity contribution in [1.29, 1.82) is 0 Å². The Morgan fingerprint density at radius 3 is 2.64 bits per heavy atom. The van der Waals surface area contributed by atoms with Crippen LogP contribution in [-0.4, -0.2) is 47.4 Å². The monoisotopic (exact) mass is 375 g/mol. The van der Waals surface area contributed by atoms with Gasteiger partial charge in [0.15, 0.2) is 0 Å². The number of aliphatic hydroxyl groups excluding tert-OH is 1. The van der Waals surface area contributed by atoms with Crippen molar-refractivity contribution in [3.63, 3.8) is 0 Å². The Hall–Kier alpha value is -2.76. The van der Waals surface area contributed by atoms with E-state index in [0.717, 1.165) is 37.3 Å². The van der Waals surface area contributed by atoms with Gasteiger partial charge < -0.3 is 10.4 Å². The van der Waals surface area contributed by atoms with Crippen molar-refractivity contribution >= 4 is 11.6 Å². The van der Waals surface area contributed by atoms with Crippen LogP contribution in [0.2, 0.25) is 0 Å². The topological polar surface area (TPSA) is 64.9 Å². The number of β-amino-alcohol motifs (C(OH)–C–C–N with tert-alkyl or cyclic N) is 1. The molecule has 0 bridgehead atoms. The van der Waals surface area contributed by atoms with Crippen LogP contribution in [0.1, 0.15) is 33.5 Å². The van der Waals surface area contributed by atoms with Gasteiger partial charge in [-0.2, -0.15) is 0 Å². The van der Waals surface area contributed by atoms with Crippen molar-refractivity contribution in [3.05, 3.63) is 82.9 Å². The highest BCUT2D eigenvalue weighted by Gasteiger charge is 2.21. The van der Waals surface area contributed by atoms with Gasteiger partial charge in [-0.05, 0) is 35.8 Å². The van der Waals surface area contributed by atoms with Gasteiger partial charge in [0.2, 0.25) is 0 Å². The van der Waals surface area contributed by atoms with Gasteiger partial charge >= 0.3 is 0 Å². The zero-order valence-corrected chi connectivity index (χ0v) is 15.8. The Labute approximate surface area is 165 Å². The molecule has 28 heavy (non-hydrogen) atoms. The molecule has 2 aromatic rings. The molecule has 0 aromatic heterocycles. The average Bonchev–Trinajstić information content (AvgIpc) is 3.15. The molecule has 0 fully saturated rings. The Morgan fingerprint density at radius 1 is 1.14 bits per heavy atom. The highest BCUT2D eigenvalue weighted by atomic mass is 16.3. The molecule has 2 aromatic carbocycles. The first-order valence-corrected chi connectivity index (χ1v) is 9.76. The Kier molecular flexibility index (Phi) is 5.65. The van der Waals surface area contributed by atoms with Crippen molar-refractivity contribution in [2.24, 2.45) is 4.99 Å². The lowest BCUT2D eigenvalue weighted by molar-refractivity contribution is 0.0856. The summed E-state index contributed by atoms with van der Waals surface area (Å²) in [5, 5.41) is 13.2. The lowest BCUT2D eigenvalue weighted by Crippen LogP contribution is -2.38. The van der Waals surface area contributed by atoms with Crippen LogP contribution in [0.15, 0.2) is 65.7 Å². The first-order valence-electron chi connectivity index (χ1n) is 9.76. The maximum Gasteiger partial charge on any atom is 0.251 e. The van der Waals surface area contributed by atoms with E-state index in [1.807, 2.05) is 36.4 Å². The highest BCUT2D eigenvalue weighted by molar-refractivity contribution is 6.10. The number of rotatable bonds is 6. The number of aliphatic imine (C=N–C) groups is 1. The maximum absolute atomic E-state index is 12.5. The van der Waals surface area contributed by atoms with Crippen molar-refractivity contribution in [1.82, 2.24) is 10.2 Å². The molecule has 1 unspecified atom stereocenters. The molecule has 0 saturated carbocycles. The SMILES string of the molecule is O=C(NCC(O)CN1Cc2ccccc2C1)c1cccc(C2=NCCC=C2)c1. The van der Waals surface area contributed by atoms with E-state index in [1.54, 1.807) is 6.07 Å². The van der Waals surface area contributed by atoms with Crippen molar-refractivity contribution in [2.75, 3.05) is 19.6 Å². The van der Waals surface area contributed by atoms with Gasteiger partial charge in [-0.25, -0.2) is 0 Å². The predicted molar refractivity (Wildman–Crippen MR) is 110 cm³/mol. The van der Waals surface area contributed by atoms with Gasteiger partial charge in [-0.3, -0.25) is 14.7 Å². The first kappa shape index (κ1) is 18.6. The van der Waals surface area contributed by atoms with E-state index in [2.05, 4.69) is 33.4 Å². The van der Waals surface area contributed by atoms with Crippen LogP contribution in [0.4, 0.5) is 0 Å². The van der Waals surface area contributed by atoms with E-state index in [4.69, 9.17) is 0 Å². The van der Waals surface area contributed by atoms with Gasteiger partial charge in [-0.15, -0.1) is 0 Å². The summed E-state index contributed by atoms with van der Waals surface area (Å²) >= 11 is 0. The molecule has 0 aliphatic carbocycles. The van der Waals surface area contributed by atoms with Crippen LogP contribution in [-0.2, 0) is 13.1 Å². The van der Waals surface area contributed by atoms with Crippen LogP contribution in [0.5, 0.6) is 0 Å². The number of nitrogens with one attached hydrogen (secondary N) is 1. The molecule has 0 saturated heterocycles. The van der Waals surface area contributed by atoms with Crippen LogP contribution >= 0.6 is 0 Å². The van der Waals surface area contributed by atoms with Gasteiger partial charge in [0.1, 0.15) is 0 Å².